The van der Waals surface area contributed by atoms with Crippen LogP contribution in [0.25, 0.3) is 0 Å². The minimum absolute atomic E-state index is 0.0302. The van der Waals surface area contributed by atoms with Gasteiger partial charge in [-0.2, -0.15) is 0 Å². The van der Waals surface area contributed by atoms with Crippen molar-refractivity contribution in [2.24, 2.45) is 5.73 Å². The number of hydrogen-bond donors (Lipinski definition) is 2. The zero-order chi connectivity index (χ0) is 20.3. The molecule has 0 radical (unpaired) electrons. The summed E-state index contributed by atoms with van der Waals surface area (Å²) >= 11 is 0. The zero-order valence-corrected chi connectivity index (χ0v) is 15.9. The average molecular weight is 373 g/mol. The van der Waals surface area contributed by atoms with Crippen LogP contribution in [0, 0.1) is 0 Å². The molecule has 146 valence electrons. The summed E-state index contributed by atoms with van der Waals surface area (Å²) in [5.41, 5.74) is 5.61. The second-order valence-electron chi connectivity index (χ2n) is 6.03. The van der Waals surface area contributed by atoms with Gasteiger partial charge in [-0.15, -0.1) is 0 Å². The predicted molar refractivity (Wildman–Crippen MR) is 103 cm³/mol. The monoisotopic (exact) mass is 373 g/mol. The molecule has 0 aliphatic carbocycles. The van der Waals surface area contributed by atoms with Crippen molar-refractivity contribution >= 4 is 11.9 Å². The average Bonchev–Trinajstić information content (AvgIpc) is 2.68. The van der Waals surface area contributed by atoms with Gasteiger partial charge in [-0.3, -0.25) is 0 Å². The lowest BCUT2D eigenvalue weighted by molar-refractivity contribution is -0.186. The molecule has 3 N–H and O–H groups in total. The molecule has 0 saturated heterocycles. The van der Waals surface area contributed by atoms with Crippen molar-refractivity contribution in [3.8, 4) is 0 Å². The number of carboxylic acid groups (broad SMARTS) is 1. The topological polar surface area (TPSA) is 98.8 Å². The molecule has 0 aromatic heterocycles. The lowest BCUT2D eigenvalue weighted by Gasteiger charge is -2.22. The first-order chi connectivity index (χ1) is 12.8. The maximum absolute atomic E-state index is 11.6. The molecule has 2 aromatic rings. The van der Waals surface area contributed by atoms with E-state index >= 15 is 0 Å². The van der Waals surface area contributed by atoms with E-state index in [4.69, 9.17) is 20.3 Å². The van der Waals surface area contributed by atoms with Crippen molar-refractivity contribution in [1.82, 2.24) is 0 Å². The van der Waals surface area contributed by atoms with Crippen LogP contribution in [0.5, 0.6) is 0 Å². The number of hydrogen-bond acceptors (Lipinski definition) is 5. The fraction of sp³-hybridized carbons (Fsp3) is 0.333. The SMILES string of the molecule is CCOC(=O)[C@](C)(OCc1ccccc1)C(=O)O.C[C@H](N)c1ccccc1. The van der Waals surface area contributed by atoms with Gasteiger partial charge in [-0.05, 0) is 31.9 Å². The molecule has 2 aromatic carbocycles. The third-order valence-electron chi connectivity index (χ3n) is 3.77. The Morgan fingerprint density at radius 3 is 2.00 bits per heavy atom. The molecule has 2 rings (SSSR count). The van der Waals surface area contributed by atoms with Crippen molar-refractivity contribution in [3.05, 3.63) is 71.8 Å². The summed E-state index contributed by atoms with van der Waals surface area (Å²) in [7, 11) is 0. The molecule has 6 heteroatoms. The van der Waals surface area contributed by atoms with Crippen LogP contribution in [-0.2, 0) is 25.7 Å². The van der Waals surface area contributed by atoms with Crippen LogP contribution >= 0.6 is 0 Å². The molecule has 0 unspecified atom stereocenters. The number of carbonyl (C=O) groups is 2. The fourth-order valence-corrected chi connectivity index (χ4v) is 2.04. The Morgan fingerprint density at radius 2 is 1.59 bits per heavy atom. The summed E-state index contributed by atoms with van der Waals surface area (Å²) in [6.45, 7) is 4.92. The molecule has 0 fully saturated rings. The third kappa shape index (κ3) is 7.21. The smallest absolute Gasteiger partial charge is 0.349 e. The summed E-state index contributed by atoms with van der Waals surface area (Å²) in [4.78, 5) is 22.7. The second kappa shape index (κ2) is 11.1. The van der Waals surface area contributed by atoms with Gasteiger partial charge in [-0.1, -0.05) is 60.7 Å². The van der Waals surface area contributed by atoms with Gasteiger partial charge in [0, 0.05) is 6.04 Å². The lowest BCUT2D eigenvalue weighted by atomic mass is 10.1. The highest BCUT2D eigenvalue weighted by Gasteiger charge is 2.44. The van der Waals surface area contributed by atoms with E-state index in [1.807, 2.05) is 43.3 Å². The van der Waals surface area contributed by atoms with Crippen LogP contribution in [0.2, 0.25) is 0 Å². The van der Waals surface area contributed by atoms with E-state index in [0.717, 1.165) is 5.56 Å². The summed E-state index contributed by atoms with van der Waals surface area (Å²) in [6.07, 6.45) is 0. The largest absolute Gasteiger partial charge is 0.479 e. The Balaban J connectivity index is 0.000000337. The second-order valence-corrected chi connectivity index (χ2v) is 6.03. The molecule has 0 bridgehead atoms. The molecule has 0 heterocycles. The van der Waals surface area contributed by atoms with Gasteiger partial charge in [0.15, 0.2) is 0 Å². The first-order valence-corrected chi connectivity index (χ1v) is 8.70. The maximum Gasteiger partial charge on any atom is 0.349 e. The van der Waals surface area contributed by atoms with Crippen LogP contribution in [0.3, 0.4) is 0 Å². The van der Waals surface area contributed by atoms with E-state index in [2.05, 4.69) is 0 Å². The predicted octanol–water partition coefficient (Wildman–Crippen LogP) is 3.32. The molecular weight excluding hydrogens is 346 g/mol. The number of ether oxygens (including phenoxy) is 2. The Bertz CT molecular complexity index is 703. The first-order valence-electron chi connectivity index (χ1n) is 8.70. The molecule has 0 amide bonds. The Morgan fingerprint density at radius 1 is 1.07 bits per heavy atom. The van der Waals surface area contributed by atoms with Gasteiger partial charge in [0.1, 0.15) is 0 Å². The number of benzene rings is 2. The number of rotatable bonds is 7. The molecule has 6 nitrogen and oxygen atoms in total. The Hall–Kier alpha value is -2.70. The number of esters is 1. The molecule has 0 saturated carbocycles. The lowest BCUT2D eigenvalue weighted by Crippen LogP contribution is -2.47. The van der Waals surface area contributed by atoms with Gasteiger partial charge in [0.2, 0.25) is 0 Å². The summed E-state index contributed by atoms with van der Waals surface area (Å²) in [5.74, 6) is -2.26. The molecular formula is C21H27NO5. The van der Waals surface area contributed by atoms with E-state index in [0.29, 0.717) is 0 Å². The van der Waals surface area contributed by atoms with Crippen LogP contribution in [0.15, 0.2) is 60.7 Å². The van der Waals surface area contributed by atoms with Crippen molar-refractivity contribution in [1.29, 1.82) is 0 Å². The van der Waals surface area contributed by atoms with Crippen LogP contribution in [0.1, 0.15) is 37.9 Å². The Labute approximate surface area is 159 Å². The van der Waals surface area contributed by atoms with Gasteiger partial charge in [0.05, 0.1) is 13.2 Å². The van der Waals surface area contributed by atoms with Gasteiger partial charge in [-0.25, -0.2) is 9.59 Å². The van der Waals surface area contributed by atoms with Gasteiger partial charge in [0.25, 0.3) is 5.60 Å². The van der Waals surface area contributed by atoms with Gasteiger partial charge >= 0.3 is 11.9 Å². The van der Waals surface area contributed by atoms with Crippen molar-refractivity contribution < 1.29 is 24.2 Å². The van der Waals surface area contributed by atoms with E-state index in [1.165, 1.54) is 12.5 Å². The van der Waals surface area contributed by atoms with Crippen molar-refractivity contribution in [2.45, 2.75) is 39.0 Å². The Kier molecular flexibility index (Phi) is 9.19. The quantitative estimate of drug-likeness (QED) is 0.571. The zero-order valence-electron chi connectivity index (χ0n) is 15.9. The fourth-order valence-electron chi connectivity index (χ4n) is 2.04. The van der Waals surface area contributed by atoms with Crippen LogP contribution in [-0.4, -0.2) is 29.3 Å². The summed E-state index contributed by atoms with van der Waals surface area (Å²) in [5, 5.41) is 9.08. The maximum atomic E-state index is 11.6. The summed E-state index contributed by atoms with van der Waals surface area (Å²) < 4.78 is 9.93. The summed E-state index contributed by atoms with van der Waals surface area (Å²) in [6, 6.07) is 19.2. The third-order valence-corrected chi connectivity index (χ3v) is 3.77. The molecule has 2 atom stereocenters. The van der Waals surface area contributed by atoms with E-state index in [1.54, 1.807) is 31.2 Å². The molecule has 0 aliphatic heterocycles. The standard InChI is InChI=1S/C13H16O5.C8H11N/c1-3-17-12(16)13(2,11(14)15)18-9-10-7-5-4-6-8-10;1-7(9)8-5-3-2-4-6-8/h4-8H,3,9H2,1-2H3,(H,14,15);2-7H,9H2,1H3/t13-;7-/m10/s1. The minimum atomic E-state index is -1.98. The van der Waals surface area contributed by atoms with Crippen LogP contribution in [0.4, 0.5) is 0 Å². The number of carbonyl (C=O) groups excluding carboxylic acids is 1. The van der Waals surface area contributed by atoms with E-state index in [-0.39, 0.29) is 19.3 Å². The van der Waals surface area contributed by atoms with E-state index in [9.17, 15) is 9.59 Å². The normalized spacial score (nSPS) is 13.5. The minimum Gasteiger partial charge on any atom is -0.479 e. The highest BCUT2D eigenvalue weighted by atomic mass is 16.6. The number of aliphatic carboxylic acids is 1. The number of nitrogens with two attached hydrogens (primary N) is 1. The molecule has 27 heavy (non-hydrogen) atoms. The van der Waals surface area contributed by atoms with Crippen molar-refractivity contribution in [2.75, 3.05) is 6.61 Å². The highest BCUT2D eigenvalue weighted by Crippen LogP contribution is 2.16. The highest BCUT2D eigenvalue weighted by molar-refractivity contribution is 6.02. The van der Waals surface area contributed by atoms with Crippen molar-refractivity contribution in [3.63, 3.8) is 0 Å². The first kappa shape index (κ1) is 22.3. The molecule has 0 spiro atoms. The van der Waals surface area contributed by atoms with E-state index < -0.39 is 17.5 Å². The number of carboxylic acids is 1. The van der Waals surface area contributed by atoms with Gasteiger partial charge < -0.3 is 20.3 Å². The molecule has 0 aliphatic rings. The van der Waals surface area contributed by atoms with Crippen LogP contribution < -0.4 is 5.73 Å².